The molecule has 2 rings (SSSR count). The lowest BCUT2D eigenvalue weighted by Crippen LogP contribution is -2.30. The third-order valence-electron chi connectivity index (χ3n) is 3.46. The highest BCUT2D eigenvalue weighted by atomic mass is 19.2. The van der Waals surface area contributed by atoms with Gasteiger partial charge in [0.05, 0.1) is 6.42 Å². The lowest BCUT2D eigenvalue weighted by molar-refractivity contribution is -0.152. The molecule has 6 heteroatoms. The maximum atomic E-state index is 13.1. The van der Waals surface area contributed by atoms with Gasteiger partial charge in [0.1, 0.15) is 0 Å². The van der Waals surface area contributed by atoms with E-state index in [9.17, 15) is 18.4 Å². The predicted octanol–water partition coefficient (Wildman–Crippen LogP) is 3.39. The minimum atomic E-state index is -1.07. The van der Waals surface area contributed by atoms with Gasteiger partial charge in [-0.05, 0) is 37.1 Å². The summed E-state index contributed by atoms with van der Waals surface area (Å²) in [6, 6.07) is 10.3. The van der Waals surface area contributed by atoms with Crippen LogP contribution >= 0.6 is 0 Å². The van der Waals surface area contributed by atoms with Crippen molar-refractivity contribution in [1.29, 1.82) is 0 Å². The summed E-state index contributed by atoms with van der Waals surface area (Å²) >= 11 is 0. The Kier molecular flexibility index (Phi) is 5.63. The first-order valence-corrected chi connectivity index (χ1v) is 7.36. The molecule has 0 bridgehead atoms. The van der Waals surface area contributed by atoms with E-state index >= 15 is 0 Å². The number of amides is 1. The van der Waals surface area contributed by atoms with Crippen LogP contribution in [-0.2, 0) is 20.7 Å². The fourth-order valence-electron chi connectivity index (χ4n) is 2.07. The zero-order chi connectivity index (χ0) is 17.7. The first-order valence-electron chi connectivity index (χ1n) is 7.36. The van der Waals surface area contributed by atoms with Crippen molar-refractivity contribution in [2.45, 2.75) is 26.4 Å². The summed E-state index contributed by atoms with van der Waals surface area (Å²) in [5.41, 5.74) is 1.85. The number of carbonyl (C=O) groups is 2. The standard InChI is InChI=1S/C18H17F2NO3/c1-11-5-3-4-6-13(11)9-17(22)24-12(2)18(23)21-14-7-8-15(19)16(20)10-14/h3-8,10,12H,9H2,1-2H3,(H,21,23)/t12-/m0/s1. The van der Waals surface area contributed by atoms with Crippen LogP contribution in [0.1, 0.15) is 18.1 Å². The summed E-state index contributed by atoms with van der Waals surface area (Å²) in [4.78, 5) is 23.9. The Balaban J connectivity index is 1.92. The molecule has 0 aliphatic rings. The van der Waals surface area contributed by atoms with Gasteiger partial charge in [0.25, 0.3) is 5.91 Å². The summed E-state index contributed by atoms with van der Waals surface area (Å²) < 4.78 is 31.0. The van der Waals surface area contributed by atoms with Crippen LogP contribution in [0.3, 0.4) is 0 Å². The summed E-state index contributed by atoms with van der Waals surface area (Å²) in [6.45, 7) is 3.28. The van der Waals surface area contributed by atoms with E-state index in [1.54, 1.807) is 0 Å². The number of halogens is 2. The molecule has 0 aliphatic carbocycles. The Labute approximate surface area is 138 Å². The lowest BCUT2D eigenvalue weighted by atomic mass is 10.1. The molecule has 126 valence electrons. The fourth-order valence-corrected chi connectivity index (χ4v) is 2.07. The molecule has 0 fully saturated rings. The fraction of sp³-hybridized carbons (Fsp3) is 0.222. The minimum Gasteiger partial charge on any atom is -0.452 e. The highest BCUT2D eigenvalue weighted by molar-refractivity contribution is 5.95. The Morgan fingerprint density at radius 1 is 1.12 bits per heavy atom. The molecule has 24 heavy (non-hydrogen) atoms. The molecule has 4 nitrogen and oxygen atoms in total. The second-order valence-corrected chi connectivity index (χ2v) is 5.35. The molecule has 0 radical (unpaired) electrons. The lowest BCUT2D eigenvalue weighted by Gasteiger charge is -2.14. The van der Waals surface area contributed by atoms with Gasteiger partial charge in [-0.15, -0.1) is 0 Å². The number of anilines is 1. The molecule has 0 saturated heterocycles. The second kappa shape index (κ2) is 7.68. The number of benzene rings is 2. The van der Waals surface area contributed by atoms with E-state index in [1.165, 1.54) is 13.0 Å². The third-order valence-corrected chi connectivity index (χ3v) is 3.46. The van der Waals surface area contributed by atoms with Crippen molar-refractivity contribution in [2.75, 3.05) is 5.32 Å². The normalized spacial score (nSPS) is 11.7. The molecule has 0 saturated carbocycles. The Hall–Kier alpha value is -2.76. The molecule has 0 aromatic heterocycles. The number of nitrogens with one attached hydrogen (secondary N) is 1. The third kappa shape index (κ3) is 4.62. The Morgan fingerprint density at radius 2 is 1.83 bits per heavy atom. The summed E-state index contributed by atoms with van der Waals surface area (Å²) in [7, 11) is 0. The Morgan fingerprint density at radius 3 is 2.50 bits per heavy atom. The average Bonchev–Trinajstić information content (AvgIpc) is 2.53. The molecule has 0 spiro atoms. The quantitative estimate of drug-likeness (QED) is 0.854. The zero-order valence-electron chi connectivity index (χ0n) is 13.3. The predicted molar refractivity (Wildman–Crippen MR) is 85.4 cm³/mol. The van der Waals surface area contributed by atoms with Gasteiger partial charge in [-0.2, -0.15) is 0 Å². The van der Waals surface area contributed by atoms with Gasteiger partial charge >= 0.3 is 5.97 Å². The summed E-state index contributed by atoms with van der Waals surface area (Å²) in [6.07, 6.45) is -1.01. The van der Waals surface area contributed by atoms with Crippen molar-refractivity contribution in [3.63, 3.8) is 0 Å². The first kappa shape index (κ1) is 17.6. The summed E-state index contributed by atoms with van der Waals surface area (Å²) in [5, 5.41) is 2.37. The monoisotopic (exact) mass is 333 g/mol. The molecular formula is C18H17F2NO3. The molecule has 2 aromatic carbocycles. The zero-order valence-corrected chi connectivity index (χ0v) is 13.3. The average molecular weight is 333 g/mol. The van der Waals surface area contributed by atoms with Crippen molar-refractivity contribution < 1.29 is 23.1 Å². The molecule has 0 heterocycles. The smallest absolute Gasteiger partial charge is 0.311 e. The van der Waals surface area contributed by atoms with Gasteiger partial charge in [0.2, 0.25) is 0 Å². The molecule has 1 amide bonds. The van der Waals surface area contributed by atoms with E-state index in [-0.39, 0.29) is 12.1 Å². The number of hydrogen-bond acceptors (Lipinski definition) is 3. The first-order chi connectivity index (χ1) is 11.4. The van der Waals surface area contributed by atoms with Crippen molar-refractivity contribution in [2.24, 2.45) is 0 Å². The van der Waals surface area contributed by atoms with Crippen molar-refractivity contribution in [3.05, 3.63) is 65.2 Å². The van der Waals surface area contributed by atoms with Crippen LogP contribution in [0.2, 0.25) is 0 Å². The highest BCUT2D eigenvalue weighted by Crippen LogP contribution is 2.14. The summed E-state index contributed by atoms with van der Waals surface area (Å²) in [5.74, 6) is -3.25. The maximum absolute atomic E-state index is 13.1. The van der Waals surface area contributed by atoms with Crippen LogP contribution in [0, 0.1) is 18.6 Å². The van der Waals surface area contributed by atoms with E-state index in [0.717, 1.165) is 23.3 Å². The minimum absolute atomic E-state index is 0.0511. The van der Waals surface area contributed by atoms with Gasteiger partial charge in [0, 0.05) is 11.8 Å². The largest absolute Gasteiger partial charge is 0.452 e. The van der Waals surface area contributed by atoms with Crippen LogP contribution in [-0.4, -0.2) is 18.0 Å². The number of esters is 1. The van der Waals surface area contributed by atoms with Crippen LogP contribution < -0.4 is 5.32 Å². The van der Waals surface area contributed by atoms with E-state index in [4.69, 9.17) is 4.74 Å². The van der Waals surface area contributed by atoms with Crippen molar-refractivity contribution >= 4 is 17.6 Å². The SMILES string of the molecule is Cc1ccccc1CC(=O)O[C@@H](C)C(=O)Nc1ccc(F)c(F)c1. The van der Waals surface area contributed by atoms with Crippen LogP contribution in [0.5, 0.6) is 0 Å². The topological polar surface area (TPSA) is 55.4 Å². The van der Waals surface area contributed by atoms with Gasteiger partial charge in [0.15, 0.2) is 17.7 Å². The van der Waals surface area contributed by atoms with Crippen molar-refractivity contribution in [3.8, 4) is 0 Å². The number of aryl methyl sites for hydroxylation is 1. The maximum Gasteiger partial charge on any atom is 0.311 e. The number of carbonyl (C=O) groups excluding carboxylic acids is 2. The van der Waals surface area contributed by atoms with Gasteiger partial charge in [-0.1, -0.05) is 24.3 Å². The Bertz CT molecular complexity index is 762. The van der Waals surface area contributed by atoms with Crippen LogP contribution in [0.4, 0.5) is 14.5 Å². The molecule has 1 N–H and O–H groups in total. The van der Waals surface area contributed by atoms with Gasteiger partial charge < -0.3 is 10.1 Å². The number of ether oxygens (including phenoxy) is 1. The van der Waals surface area contributed by atoms with E-state index in [0.29, 0.717) is 0 Å². The van der Waals surface area contributed by atoms with Crippen molar-refractivity contribution in [1.82, 2.24) is 0 Å². The molecular weight excluding hydrogens is 316 g/mol. The van der Waals surface area contributed by atoms with Crippen LogP contribution in [0.15, 0.2) is 42.5 Å². The van der Waals surface area contributed by atoms with E-state index in [1.807, 2.05) is 31.2 Å². The van der Waals surface area contributed by atoms with Crippen LogP contribution in [0.25, 0.3) is 0 Å². The number of rotatable bonds is 5. The van der Waals surface area contributed by atoms with E-state index in [2.05, 4.69) is 5.32 Å². The highest BCUT2D eigenvalue weighted by Gasteiger charge is 2.19. The van der Waals surface area contributed by atoms with Gasteiger partial charge in [-0.25, -0.2) is 8.78 Å². The van der Waals surface area contributed by atoms with E-state index < -0.39 is 29.6 Å². The molecule has 0 aliphatic heterocycles. The molecule has 0 unspecified atom stereocenters. The second-order valence-electron chi connectivity index (χ2n) is 5.35. The van der Waals surface area contributed by atoms with Gasteiger partial charge in [-0.3, -0.25) is 9.59 Å². The molecule has 2 aromatic rings. The number of hydrogen-bond donors (Lipinski definition) is 1. The molecule has 1 atom stereocenters.